The lowest BCUT2D eigenvalue weighted by Gasteiger charge is -2.21. The van der Waals surface area contributed by atoms with Gasteiger partial charge in [0.15, 0.2) is 11.5 Å². The van der Waals surface area contributed by atoms with E-state index in [1.165, 1.54) is 0 Å². The number of fused-ring (bicyclic) bond motifs is 1. The van der Waals surface area contributed by atoms with E-state index in [1.54, 1.807) is 0 Å². The predicted octanol–water partition coefficient (Wildman–Crippen LogP) is 1.38. The molecule has 1 atom stereocenters. The molecular weight excluding hydrogens is 216 g/mol. The van der Waals surface area contributed by atoms with Gasteiger partial charge in [-0.15, -0.1) is 11.8 Å². The average Bonchev–Trinajstić information content (AvgIpc) is 2.39. The fourth-order valence-corrected chi connectivity index (χ4v) is 1.75. The number of hydrazine groups is 1. The van der Waals surface area contributed by atoms with Crippen LogP contribution >= 0.6 is 0 Å². The topological polar surface area (TPSA) is 56.5 Å². The first-order valence-corrected chi connectivity index (χ1v) is 5.60. The van der Waals surface area contributed by atoms with E-state index in [9.17, 15) is 0 Å². The molecule has 4 heteroatoms. The molecular formula is C13H16N2O2. The third-order valence-electron chi connectivity index (χ3n) is 2.65. The normalized spacial score (nSPS) is 14.7. The highest BCUT2D eigenvalue weighted by Crippen LogP contribution is 2.32. The number of rotatable bonds is 3. The van der Waals surface area contributed by atoms with Gasteiger partial charge in [0, 0.05) is 6.42 Å². The molecule has 4 nitrogen and oxygen atoms in total. The van der Waals surface area contributed by atoms with Crippen molar-refractivity contribution in [2.24, 2.45) is 5.84 Å². The molecule has 3 N–H and O–H groups in total. The molecule has 0 saturated heterocycles. The van der Waals surface area contributed by atoms with E-state index in [0.29, 0.717) is 19.6 Å². The molecule has 0 aliphatic carbocycles. The molecule has 90 valence electrons. The number of hydrogen-bond donors (Lipinski definition) is 2. The fourth-order valence-electron chi connectivity index (χ4n) is 1.75. The zero-order valence-electron chi connectivity index (χ0n) is 9.82. The van der Waals surface area contributed by atoms with Crippen LogP contribution in [0.5, 0.6) is 11.5 Å². The summed E-state index contributed by atoms with van der Waals surface area (Å²) in [5.41, 5.74) is 3.82. The van der Waals surface area contributed by atoms with Crippen molar-refractivity contribution in [3.8, 4) is 23.3 Å². The van der Waals surface area contributed by atoms with Gasteiger partial charge < -0.3 is 9.47 Å². The van der Waals surface area contributed by atoms with Crippen LogP contribution in [-0.2, 0) is 0 Å². The molecule has 1 aromatic rings. The third kappa shape index (κ3) is 2.70. The van der Waals surface area contributed by atoms with Crippen molar-refractivity contribution in [2.75, 3.05) is 13.2 Å². The van der Waals surface area contributed by atoms with E-state index in [4.69, 9.17) is 15.3 Å². The van der Waals surface area contributed by atoms with Gasteiger partial charge in [0.05, 0.1) is 6.04 Å². The zero-order chi connectivity index (χ0) is 12.1. The molecule has 0 amide bonds. The minimum Gasteiger partial charge on any atom is -0.486 e. The first-order valence-electron chi connectivity index (χ1n) is 5.60. The van der Waals surface area contributed by atoms with Crippen LogP contribution in [0, 0.1) is 11.8 Å². The number of nitrogens with one attached hydrogen (secondary N) is 1. The largest absolute Gasteiger partial charge is 0.486 e. The molecule has 0 spiro atoms. The van der Waals surface area contributed by atoms with Crippen LogP contribution < -0.4 is 20.7 Å². The van der Waals surface area contributed by atoms with E-state index in [-0.39, 0.29) is 6.04 Å². The van der Waals surface area contributed by atoms with Gasteiger partial charge in [-0.05, 0) is 24.6 Å². The first kappa shape index (κ1) is 11.8. The second-order valence-corrected chi connectivity index (χ2v) is 3.75. The molecule has 1 unspecified atom stereocenters. The van der Waals surface area contributed by atoms with Crippen LogP contribution in [-0.4, -0.2) is 13.2 Å². The predicted molar refractivity (Wildman–Crippen MR) is 65.6 cm³/mol. The highest BCUT2D eigenvalue weighted by atomic mass is 16.6. The van der Waals surface area contributed by atoms with Crippen molar-refractivity contribution < 1.29 is 9.47 Å². The van der Waals surface area contributed by atoms with Gasteiger partial charge in [-0.25, -0.2) is 0 Å². The summed E-state index contributed by atoms with van der Waals surface area (Å²) in [7, 11) is 0. The summed E-state index contributed by atoms with van der Waals surface area (Å²) in [6.45, 7) is 3.01. The number of nitrogens with two attached hydrogens (primary N) is 1. The molecule has 0 radical (unpaired) electrons. The Morgan fingerprint density at radius 3 is 2.82 bits per heavy atom. The number of benzene rings is 1. The van der Waals surface area contributed by atoms with Gasteiger partial charge >= 0.3 is 0 Å². The Hall–Kier alpha value is -1.70. The second kappa shape index (κ2) is 5.58. The van der Waals surface area contributed by atoms with Crippen LogP contribution in [0.25, 0.3) is 0 Å². The lowest BCUT2D eigenvalue weighted by Crippen LogP contribution is -2.28. The molecule has 0 aromatic heterocycles. The third-order valence-corrected chi connectivity index (χ3v) is 2.65. The van der Waals surface area contributed by atoms with Crippen molar-refractivity contribution in [1.29, 1.82) is 0 Å². The van der Waals surface area contributed by atoms with Crippen LogP contribution in [0.2, 0.25) is 0 Å². The van der Waals surface area contributed by atoms with Crippen molar-refractivity contribution in [3.05, 3.63) is 23.8 Å². The number of ether oxygens (including phenoxy) is 2. The molecule has 0 saturated carbocycles. The maximum absolute atomic E-state index is 5.53. The van der Waals surface area contributed by atoms with Gasteiger partial charge in [0.2, 0.25) is 0 Å². The van der Waals surface area contributed by atoms with Crippen LogP contribution in [0.1, 0.15) is 24.9 Å². The summed E-state index contributed by atoms with van der Waals surface area (Å²) in [6.07, 6.45) is 0.673. The zero-order valence-corrected chi connectivity index (χ0v) is 9.82. The van der Waals surface area contributed by atoms with E-state index in [1.807, 2.05) is 25.1 Å². The van der Waals surface area contributed by atoms with Gasteiger partial charge in [-0.1, -0.05) is 6.07 Å². The van der Waals surface area contributed by atoms with E-state index in [0.717, 1.165) is 17.1 Å². The maximum atomic E-state index is 5.53. The maximum Gasteiger partial charge on any atom is 0.161 e. The Balaban J connectivity index is 2.21. The quantitative estimate of drug-likeness (QED) is 0.469. The smallest absolute Gasteiger partial charge is 0.161 e. The summed E-state index contributed by atoms with van der Waals surface area (Å²) in [4.78, 5) is 0. The molecule has 0 fully saturated rings. The minimum absolute atomic E-state index is 0.0123. The molecule has 1 aliphatic heterocycles. The Morgan fingerprint density at radius 1 is 1.35 bits per heavy atom. The fraction of sp³-hybridized carbons (Fsp3) is 0.385. The van der Waals surface area contributed by atoms with Crippen molar-refractivity contribution in [2.45, 2.75) is 19.4 Å². The van der Waals surface area contributed by atoms with E-state index >= 15 is 0 Å². The van der Waals surface area contributed by atoms with Crippen LogP contribution in [0.15, 0.2) is 18.2 Å². The molecule has 2 rings (SSSR count). The van der Waals surface area contributed by atoms with E-state index in [2.05, 4.69) is 17.3 Å². The van der Waals surface area contributed by atoms with Crippen LogP contribution in [0.4, 0.5) is 0 Å². The van der Waals surface area contributed by atoms with Gasteiger partial charge in [0.1, 0.15) is 13.2 Å². The monoisotopic (exact) mass is 232 g/mol. The standard InChI is InChI=1S/C13H16N2O2/c1-2-3-4-11(15-14)10-5-6-12-13(9-10)17-8-7-16-12/h5-6,9,11,15H,4,7-8,14H2,1H3. The number of hydrogen-bond acceptors (Lipinski definition) is 4. The first-order chi connectivity index (χ1) is 8.35. The highest BCUT2D eigenvalue weighted by Gasteiger charge is 2.15. The SMILES string of the molecule is CC#CCC(NN)c1ccc2c(c1)OCCO2. The Bertz CT molecular complexity index is 448. The lowest BCUT2D eigenvalue weighted by molar-refractivity contribution is 0.171. The van der Waals surface area contributed by atoms with Gasteiger partial charge in [-0.2, -0.15) is 0 Å². The summed E-state index contributed by atoms with van der Waals surface area (Å²) < 4.78 is 11.0. The Labute approximate surface area is 101 Å². The summed E-state index contributed by atoms with van der Waals surface area (Å²) in [5.74, 6) is 13.0. The average molecular weight is 232 g/mol. The molecule has 17 heavy (non-hydrogen) atoms. The Kier molecular flexibility index (Phi) is 3.86. The van der Waals surface area contributed by atoms with Gasteiger partial charge in [0.25, 0.3) is 0 Å². The summed E-state index contributed by atoms with van der Waals surface area (Å²) in [6, 6.07) is 5.86. The molecule has 1 heterocycles. The van der Waals surface area contributed by atoms with Gasteiger partial charge in [-0.3, -0.25) is 11.3 Å². The van der Waals surface area contributed by atoms with E-state index < -0.39 is 0 Å². The van der Waals surface area contributed by atoms with Crippen molar-refractivity contribution in [1.82, 2.24) is 5.43 Å². The molecule has 1 aliphatic rings. The molecule has 1 aromatic carbocycles. The summed E-state index contributed by atoms with van der Waals surface area (Å²) in [5, 5.41) is 0. The Morgan fingerprint density at radius 2 is 2.12 bits per heavy atom. The molecule has 0 bridgehead atoms. The van der Waals surface area contributed by atoms with Crippen LogP contribution in [0.3, 0.4) is 0 Å². The second-order valence-electron chi connectivity index (χ2n) is 3.75. The van der Waals surface area contributed by atoms with Crippen molar-refractivity contribution in [3.63, 3.8) is 0 Å². The minimum atomic E-state index is 0.0123. The summed E-state index contributed by atoms with van der Waals surface area (Å²) >= 11 is 0. The highest BCUT2D eigenvalue weighted by molar-refractivity contribution is 5.44. The lowest BCUT2D eigenvalue weighted by atomic mass is 10.0. The van der Waals surface area contributed by atoms with Crippen molar-refractivity contribution >= 4 is 0 Å².